The predicted octanol–water partition coefficient (Wildman–Crippen LogP) is 4.48. The summed E-state index contributed by atoms with van der Waals surface area (Å²) >= 11 is 0. The molecule has 5 nitrogen and oxygen atoms in total. The zero-order valence-corrected chi connectivity index (χ0v) is 15.2. The number of piperidine rings is 1. The SMILES string of the molecule is Cc1ccc(CCC2CCN(Cc3nnc(-c4ccco4)o3)CC2)cc1. The lowest BCUT2D eigenvalue weighted by molar-refractivity contribution is 0.160. The lowest BCUT2D eigenvalue weighted by Crippen LogP contribution is -2.33. The van der Waals surface area contributed by atoms with E-state index in [1.165, 1.54) is 36.8 Å². The first-order valence-electron chi connectivity index (χ1n) is 9.40. The second kappa shape index (κ2) is 7.87. The van der Waals surface area contributed by atoms with Crippen molar-refractivity contribution in [3.63, 3.8) is 0 Å². The Balaban J connectivity index is 1.23. The zero-order chi connectivity index (χ0) is 17.8. The average molecular weight is 351 g/mol. The first-order chi connectivity index (χ1) is 12.8. The van der Waals surface area contributed by atoms with Gasteiger partial charge in [0, 0.05) is 0 Å². The minimum Gasteiger partial charge on any atom is -0.459 e. The summed E-state index contributed by atoms with van der Waals surface area (Å²) in [5.41, 5.74) is 2.78. The van der Waals surface area contributed by atoms with Gasteiger partial charge in [0.15, 0.2) is 5.76 Å². The Bertz CT molecular complexity index is 800. The highest BCUT2D eigenvalue weighted by Gasteiger charge is 2.21. The molecule has 1 aliphatic heterocycles. The molecule has 0 amide bonds. The summed E-state index contributed by atoms with van der Waals surface area (Å²) in [6.07, 6.45) is 6.55. The van der Waals surface area contributed by atoms with Gasteiger partial charge in [-0.2, -0.15) is 0 Å². The van der Waals surface area contributed by atoms with Gasteiger partial charge in [-0.3, -0.25) is 4.90 Å². The van der Waals surface area contributed by atoms with Crippen LogP contribution in [-0.4, -0.2) is 28.2 Å². The number of aryl methyl sites for hydroxylation is 2. The molecule has 0 bridgehead atoms. The lowest BCUT2D eigenvalue weighted by atomic mass is 9.90. The van der Waals surface area contributed by atoms with E-state index in [4.69, 9.17) is 8.83 Å². The van der Waals surface area contributed by atoms with Gasteiger partial charge < -0.3 is 8.83 Å². The van der Waals surface area contributed by atoms with Gasteiger partial charge in [0.1, 0.15) is 0 Å². The first kappa shape index (κ1) is 17.0. The highest BCUT2D eigenvalue weighted by Crippen LogP contribution is 2.24. The average Bonchev–Trinajstić information content (AvgIpc) is 3.34. The van der Waals surface area contributed by atoms with Crippen LogP contribution in [0.5, 0.6) is 0 Å². The summed E-state index contributed by atoms with van der Waals surface area (Å²) in [5, 5.41) is 8.22. The molecule has 0 spiro atoms. The van der Waals surface area contributed by atoms with Gasteiger partial charge in [0.2, 0.25) is 5.89 Å². The van der Waals surface area contributed by atoms with Gasteiger partial charge in [0.25, 0.3) is 5.89 Å². The van der Waals surface area contributed by atoms with Crippen LogP contribution in [0.3, 0.4) is 0 Å². The van der Waals surface area contributed by atoms with Crippen LogP contribution in [0, 0.1) is 12.8 Å². The molecule has 136 valence electrons. The largest absolute Gasteiger partial charge is 0.459 e. The fraction of sp³-hybridized carbons (Fsp3) is 0.429. The van der Waals surface area contributed by atoms with Crippen LogP contribution >= 0.6 is 0 Å². The van der Waals surface area contributed by atoms with Crippen molar-refractivity contribution in [2.75, 3.05) is 13.1 Å². The molecule has 0 saturated carbocycles. The Labute approximate surface area is 154 Å². The Morgan fingerprint density at radius 2 is 1.88 bits per heavy atom. The number of rotatable bonds is 6. The fourth-order valence-corrected chi connectivity index (χ4v) is 3.57. The molecule has 2 aromatic heterocycles. The molecule has 1 aromatic carbocycles. The maximum Gasteiger partial charge on any atom is 0.283 e. The zero-order valence-electron chi connectivity index (χ0n) is 15.2. The number of nitrogens with zero attached hydrogens (tertiary/aromatic N) is 3. The van der Waals surface area contributed by atoms with Crippen LogP contribution < -0.4 is 0 Å². The van der Waals surface area contributed by atoms with Crippen molar-refractivity contribution in [3.05, 3.63) is 59.7 Å². The number of furan rings is 1. The highest BCUT2D eigenvalue weighted by molar-refractivity contribution is 5.42. The standard InChI is InChI=1S/C21H25N3O2/c1-16-4-6-17(7-5-16)8-9-18-10-12-24(13-11-18)15-20-22-23-21(26-20)19-3-2-14-25-19/h2-7,14,18H,8-13,15H2,1H3. The van der Waals surface area contributed by atoms with Gasteiger partial charge in [0.05, 0.1) is 12.8 Å². The summed E-state index contributed by atoms with van der Waals surface area (Å²) in [6.45, 7) is 5.05. The summed E-state index contributed by atoms with van der Waals surface area (Å²) in [6, 6.07) is 12.6. The van der Waals surface area contributed by atoms with Crippen molar-refractivity contribution in [1.29, 1.82) is 0 Å². The molecule has 0 unspecified atom stereocenters. The molecule has 1 fully saturated rings. The van der Waals surface area contributed by atoms with Crippen LogP contribution in [0.2, 0.25) is 0 Å². The van der Waals surface area contributed by atoms with E-state index in [1.54, 1.807) is 6.26 Å². The monoisotopic (exact) mass is 351 g/mol. The molecule has 1 aliphatic rings. The minimum atomic E-state index is 0.456. The van der Waals surface area contributed by atoms with Crippen molar-refractivity contribution < 1.29 is 8.83 Å². The summed E-state index contributed by atoms with van der Waals surface area (Å²) < 4.78 is 11.0. The number of hydrogen-bond acceptors (Lipinski definition) is 5. The van der Waals surface area contributed by atoms with E-state index in [0.29, 0.717) is 17.5 Å². The van der Waals surface area contributed by atoms with E-state index in [-0.39, 0.29) is 0 Å². The van der Waals surface area contributed by atoms with Crippen LogP contribution in [0.25, 0.3) is 11.7 Å². The summed E-state index contributed by atoms with van der Waals surface area (Å²) in [5.74, 6) is 2.56. The van der Waals surface area contributed by atoms with Crippen molar-refractivity contribution in [3.8, 4) is 11.7 Å². The van der Waals surface area contributed by atoms with Crippen molar-refractivity contribution >= 4 is 0 Å². The Morgan fingerprint density at radius 3 is 2.62 bits per heavy atom. The number of benzene rings is 1. The first-order valence-corrected chi connectivity index (χ1v) is 9.40. The van der Waals surface area contributed by atoms with Gasteiger partial charge in [-0.1, -0.05) is 29.8 Å². The molecule has 3 aromatic rings. The molecule has 5 heteroatoms. The maximum absolute atomic E-state index is 5.71. The van der Waals surface area contributed by atoms with Crippen LogP contribution in [0.4, 0.5) is 0 Å². The van der Waals surface area contributed by atoms with E-state index in [1.807, 2.05) is 12.1 Å². The molecule has 0 atom stereocenters. The van der Waals surface area contributed by atoms with Crippen molar-refractivity contribution in [2.24, 2.45) is 5.92 Å². The molecule has 4 rings (SSSR count). The minimum absolute atomic E-state index is 0.456. The smallest absolute Gasteiger partial charge is 0.283 e. The van der Waals surface area contributed by atoms with Gasteiger partial charge in [-0.15, -0.1) is 10.2 Å². The third-order valence-corrected chi connectivity index (χ3v) is 5.23. The molecular formula is C21H25N3O2. The summed E-state index contributed by atoms with van der Waals surface area (Å²) in [4.78, 5) is 2.40. The quantitative estimate of drug-likeness (QED) is 0.655. The molecule has 3 heterocycles. The molecule has 0 radical (unpaired) electrons. The van der Waals surface area contributed by atoms with E-state index >= 15 is 0 Å². The van der Waals surface area contributed by atoms with Gasteiger partial charge in [-0.05, 0) is 69.3 Å². The molecular weight excluding hydrogens is 326 g/mol. The normalized spacial score (nSPS) is 16.2. The topological polar surface area (TPSA) is 55.3 Å². The van der Waals surface area contributed by atoms with Crippen LogP contribution in [0.15, 0.2) is 51.5 Å². The maximum atomic E-state index is 5.71. The van der Waals surface area contributed by atoms with Crippen molar-refractivity contribution in [2.45, 2.75) is 39.2 Å². The van der Waals surface area contributed by atoms with Crippen LogP contribution in [0.1, 0.15) is 36.3 Å². The lowest BCUT2D eigenvalue weighted by Gasteiger charge is -2.31. The van der Waals surface area contributed by atoms with Gasteiger partial charge >= 0.3 is 0 Å². The highest BCUT2D eigenvalue weighted by atomic mass is 16.4. The van der Waals surface area contributed by atoms with E-state index in [9.17, 15) is 0 Å². The fourth-order valence-electron chi connectivity index (χ4n) is 3.57. The number of hydrogen-bond donors (Lipinski definition) is 0. The third kappa shape index (κ3) is 4.22. The van der Waals surface area contributed by atoms with Crippen molar-refractivity contribution in [1.82, 2.24) is 15.1 Å². The second-order valence-electron chi connectivity index (χ2n) is 7.22. The predicted molar refractivity (Wildman–Crippen MR) is 99.5 cm³/mol. The Hall–Kier alpha value is -2.40. The van der Waals surface area contributed by atoms with E-state index < -0.39 is 0 Å². The Morgan fingerprint density at radius 1 is 1.08 bits per heavy atom. The van der Waals surface area contributed by atoms with Gasteiger partial charge in [-0.25, -0.2) is 0 Å². The van der Waals surface area contributed by atoms with E-state index in [0.717, 1.165) is 25.6 Å². The third-order valence-electron chi connectivity index (χ3n) is 5.23. The second-order valence-corrected chi connectivity index (χ2v) is 7.22. The molecule has 0 aliphatic carbocycles. The Kier molecular flexibility index (Phi) is 5.16. The van der Waals surface area contributed by atoms with E-state index in [2.05, 4.69) is 46.3 Å². The number of aromatic nitrogens is 2. The molecule has 26 heavy (non-hydrogen) atoms. The summed E-state index contributed by atoms with van der Waals surface area (Å²) in [7, 11) is 0. The van der Waals surface area contributed by atoms with Crippen LogP contribution in [-0.2, 0) is 13.0 Å². The number of likely N-dealkylation sites (tertiary alicyclic amines) is 1. The molecule has 0 N–H and O–H groups in total. The molecule has 1 saturated heterocycles.